The maximum Gasteiger partial charge on any atom is 0.231 e. The van der Waals surface area contributed by atoms with Crippen LogP contribution in [-0.2, 0) is 4.79 Å². The highest BCUT2D eigenvalue weighted by Crippen LogP contribution is 2.31. The Morgan fingerprint density at radius 3 is 2.65 bits per heavy atom. The molecule has 1 saturated carbocycles. The Morgan fingerprint density at radius 2 is 2.10 bits per heavy atom. The lowest BCUT2D eigenvalue weighted by Gasteiger charge is -2.35. The minimum absolute atomic E-state index is 0.00991. The Balaban J connectivity index is 2.25. The molecule has 1 aromatic carbocycles. The highest BCUT2D eigenvalue weighted by molar-refractivity contribution is 6.30. The van der Waals surface area contributed by atoms with E-state index >= 15 is 0 Å². The van der Waals surface area contributed by atoms with Crippen LogP contribution in [0.2, 0.25) is 5.02 Å². The van der Waals surface area contributed by atoms with Crippen LogP contribution >= 0.6 is 11.6 Å². The maximum absolute atomic E-state index is 11.4. The van der Waals surface area contributed by atoms with Gasteiger partial charge in [0.1, 0.15) is 0 Å². The first-order chi connectivity index (χ1) is 9.61. The zero-order valence-corrected chi connectivity index (χ0v) is 12.4. The van der Waals surface area contributed by atoms with Gasteiger partial charge < -0.3 is 11.5 Å². The van der Waals surface area contributed by atoms with Crippen LogP contribution in [0.1, 0.15) is 37.3 Å². The SMILES string of the molecule is NCC(c1cccc(Cl)c1)N(CC(N)=O)C1CCCC1. The van der Waals surface area contributed by atoms with Crippen LogP contribution in [0.4, 0.5) is 0 Å². The van der Waals surface area contributed by atoms with E-state index in [1.165, 1.54) is 12.8 Å². The van der Waals surface area contributed by atoms with Gasteiger partial charge in [0.25, 0.3) is 0 Å². The van der Waals surface area contributed by atoms with Crippen molar-refractivity contribution in [2.45, 2.75) is 37.8 Å². The number of carbonyl (C=O) groups excluding carboxylic acids is 1. The first-order valence-electron chi connectivity index (χ1n) is 7.11. The number of primary amides is 1. The lowest BCUT2D eigenvalue weighted by Crippen LogP contribution is -2.44. The van der Waals surface area contributed by atoms with Gasteiger partial charge in [-0.15, -0.1) is 0 Å². The minimum atomic E-state index is -0.308. The van der Waals surface area contributed by atoms with Crippen molar-refractivity contribution in [3.05, 3.63) is 34.9 Å². The van der Waals surface area contributed by atoms with E-state index < -0.39 is 0 Å². The van der Waals surface area contributed by atoms with Crippen molar-refractivity contribution >= 4 is 17.5 Å². The summed E-state index contributed by atoms with van der Waals surface area (Å²) in [5, 5.41) is 0.686. The van der Waals surface area contributed by atoms with E-state index in [1.807, 2.05) is 24.3 Å². The molecule has 5 heteroatoms. The van der Waals surface area contributed by atoms with Gasteiger partial charge >= 0.3 is 0 Å². The van der Waals surface area contributed by atoms with Crippen molar-refractivity contribution in [3.8, 4) is 0 Å². The van der Waals surface area contributed by atoms with Gasteiger partial charge in [0.2, 0.25) is 5.91 Å². The molecule has 0 bridgehead atoms. The third-order valence-corrected chi connectivity index (χ3v) is 4.22. The summed E-state index contributed by atoms with van der Waals surface area (Å²) in [4.78, 5) is 13.6. The summed E-state index contributed by atoms with van der Waals surface area (Å²) < 4.78 is 0. The minimum Gasteiger partial charge on any atom is -0.369 e. The molecule has 2 rings (SSSR count). The zero-order valence-electron chi connectivity index (χ0n) is 11.6. The van der Waals surface area contributed by atoms with Crippen LogP contribution < -0.4 is 11.5 Å². The number of halogens is 1. The largest absolute Gasteiger partial charge is 0.369 e. The summed E-state index contributed by atoms with van der Waals surface area (Å²) in [6, 6.07) is 8.05. The second-order valence-electron chi connectivity index (χ2n) is 5.38. The molecule has 1 atom stereocenters. The standard InChI is InChI=1S/C15H22ClN3O/c16-12-5-3-4-11(8-12)14(9-17)19(10-15(18)20)13-6-1-2-7-13/h3-5,8,13-14H,1-2,6-7,9-10,17H2,(H2,18,20). The first kappa shape index (κ1) is 15.3. The normalized spacial score (nSPS) is 17.6. The van der Waals surface area contributed by atoms with Gasteiger partial charge in [0, 0.05) is 23.7 Å². The molecule has 20 heavy (non-hydrogen) atoms. The summed E-state index contributed by atoms with van der Waals surface area (Å²) in [7, 11) is 0. The second kappa shape index (κ2) is 7.07. The maximum atomic E-state index is 11.4. The number of benzene rings is 1. The number of carbonyl (C=O) groups is 1. The molecule has 4 N–H and O–H groups in total. The fourth-order valence-corrected chi connectivity index (χ4v) is 3.29. The Hall–Kier alpha value is -1.10. The smallest absolute Gasteiger partial charge is 0.231 e. The van der Waals surface area contributed by atoms with E-state index in [9.17, 15) is 4.79 Å². The highest BCUT2D eigenvalue weighted by Gasteiger charge is 2.30. The van der Waals surface area contributed by atoms with Gasteiger partial charge in [-0.1, -0.05) is 36.6 Å². The van der Waals surface area contributed by atoms with E-state index in [-0.39, 0.29) is 18.5 Å². The van der Waals surface area contributed by atoms with Gasteiger partial charge in [-0.25, -0.2) is 0 Å². The van der Waals surface area contributed by atoms with E-state index in [0.29, 0.717) is 17.6 Å². The fourth-order valence-electron chi connectivity index (χ4n) is 3.09. The summed E-state index contributed by atoms with van der Waals surface area (Å²) >= 11 is 6.07. The molecular formula is C15H22ClN3O. The summed E-state index contributed by atoms with van der Waals surface area (Å²) in [6.07, 6.45) is 4.61. The van der Waals surface area contributed by atoms with Crippen LogP contribution in [0.5, 0.6) is 0 Å². The molecule has 0 aliphatic heterocycles. The van der Waals surface area contributed by atoms with Crippen molar-refractivity contribution in [2.24, 2.45) is 11.5 Å². The Morgan fingerprint density at radius 1 is 1.40 bits per heavy atom. The molecule has 1 amide bonds. The topological polar surface area (TPSA) is 72.3 Å². The number of rotatable bonds is 6. The summed E-state index contributed by atoms with van der Waals surface area (Å²) in [6.45, 7) is 0.698. The van der Waals surface area contributed by atoms with E-state index in [1.54, 1.807) is 0 Å². The molecule has 0 aromatic heterocycles. The zero-order chi connectivity index (χ0) is 14.5. The summed E-state index contributed by atoms with van der Waals surface area (Å²) in [5.41, 5.74) is 12.4. The van der Waals surface area contributed by atoms with Crippen LogP contribution in [0.25, 0.3) is 0 Å². The number of nitrogens with zero attached hydrogens (tertiary/aromatic N) is 1. The van der Waals surface area contributed by atoms with Crippen molar-refractivity contribution < 1.29 is 4.79 Å². The van der Waals surface area contributed by atoms with Gasteiger partial charge in [-0.3, -0.25) is 9.69 Å². The second-order valence-corrected chi connectivity index (χ2v) is 5.82. The molecule has 1 fully saturated rings. The molecule has 1 aliphatic rings. The van der Waals surface area contributed by atoms with Crippen LogP contribution in [0.15, 0.2) is 24.3 Å². The molecule has 1 aliphatic carbocycles. The number of nitrogens with two attached hydrogens (primary N) is 2. The number of hydrogen-bond acceptors (Lipinski definition) is 3. The molecular weight excluding hydrogens is 274 g/mol. The molecule has 1 unspecified atom stereocenters. The average molecular weight is 296 g/mol. The Labute approximate surface area is 125 Å². The molecule has 0 saturated heterocycles. The van der Waals surface area contributed by atoms with Crippen molar-refractivity contribution in [1.29, 1.82) is 0 Å². The Kier molecular flexibility index (Phi) is 5.40. The fraction of sp³-hybridized carbons (Fsp3) is 0.533. The number of hydrogen-bond donors (Lipinski definition) is 2. The quantitative estimate of drug-likeness (QED) is 0.844. The van der Waals surface area contributed by atoms with Crippen LogP contribution in [0, 0.1) is 0 Å². The van der Waals surface area contributed by atoms with E-state index in [4.69, 9.17) is 23.1 Å². The predicted molar refractivity (Wildman–Crippen MR) is 81.4 cm³/mol. The van der Waals surface area contributed by atoms with Crippen LogP contribution in [-0.4, -0.2) is 29.9 Å². The third kappa shape index (κ3) is 3.72. The lowest BCUT2D eigenvalue weighted by atomic mass is 10.0. The van der Waals surface area contributed by atoms with Crippen molar-refractivity contribution in [3.63, 3.8) is 0 Å². The van der Waals surface area contributed by atoms with Gasteiger partial charge in [0.15, 0.2) is 0 Å². The molecule has 0 heterocycles. The van der Waals surface area contributed by atoms with Crippen molar-refractivity contribution in [1.82, 2.24) is 4.90 Å². The molecule has 4 nitrogen and oxygen atoms in total. The Bertz CT molecular complexity index is 460. The first-order valence-corrected chi connectivity index (χ1v) is 7.49. The molecule has 0 spiro atoms. The molecule has 1 aromatic rings. The molecule has 0 radical (unpaired) electrons. The lowest BCUT2D eigenvalue weighted by molar-refractivity contribution is -0.120. The monoisotopic (exact) mass is 295 g/mol. The molecule has 110 valence electrons. The number of amides is 1. The van der Waals surface area contributed by atoms with E-state index in [2.05, 4.69) is 4.90 Å². The highest BCUT2D eigenvalue weighted by atomic mass is 35.5. The third-order valence-electron chi connectivity index (χ3n) is 3.99. The summed E-state index contributed by atoms with van der Waals surface area (Å²) in [5.74, 6) is -0.308. The van der Waals surface area contributed by atoms with Gasteiger partial charge in [-0.05, 0) is 30.5 Å². The van der Waals surface area contributed by atoms with Gasteiger partial charge in [-0.2, -0.15) is 0 Å². The van der Waals surface area contributed by atoms with Crippen LogP contribution in [0.3, 0.4) is 0 Å². The van der Waals surface area contributed by atoms with E-state index in [0.717, 1.165) is 18.4 Å². The predicted octanol–water partition coefficient (Wildman–Crippen LogP) is 2.07. The van der Waals surface area contributed by atoms with Gasteiger partial charge in [0.05, 0.1) is 6.54 Å². The van der Waals surface area contributed by atoms with Crippen molar-refractivity contribution in [2.75, 3.05) is 13.1 Å². The average Bonchev–Trinajstić information content (AvgIpc) is 2.92.